The highest BCUT2D eigenvalue weighted by Gasteiger charge is 2.23. The third-order valence-electron chi connectivity index (χ3n) is 2.51. The van der Waals surface area contributed by atoms with Crippen LogP contribution < -0.4 is 10.1 Å². The summed E-state index contributed by atoms with van der Waals surface area (Å²) in [6, 6.07) is 5.74. The summed E-state index contributed by atoms with van der Waals surface area (Å²) in [5.74, 6) is 0.694. The van der Waals surface area contributed by atoms with Crippen LogP contribution in [0.2, 0.25) is 5.02 Å². The van der Waals surface area contributed by atoms with Crippen LogP contribution in [-0.4, -0.2) is 19.9 Å². The molecule has 0 saturated carbocycles. The van der Waals surface area contributed by atoms with E-state index in [1.54, 1.807) is 7.11 Å². The average Bonchev–Trinajstić information content (AvgIpc) is 2.65. The van der Waals surface area contributed by atoms with Gasteiger partial charge in [-0.15, -0.1) is 0 Å². The fourth-order valence-corrected chi connectivity index (χ4v) is 1.96. The van der Waals surface area contributed by atoms with Gasteiger partial charge >= 0.3 is 0 Å². The Morgan fingerprint density at radius 3 is 2.87 bits per heavy atom. The number of hydrogen-bond donors (Lipinski definition) is 1. The van der Waals surface area contributed by atoms with Gasteiger partial charge in [0.05, 0.1) is 18.2 Å². The van der Waals surface area contributed by atoms with Gasteiger partial charge in [0.25, 0.3) is 0 Å². The molecule has 0 aromatic heterocycles. The lowest BCUT2D eigenvalue weighted by Gasteiger charge is -2.11. The second kappa shape index (κ2) is 4.39. The lowest BCUT2D eigenvalue weighted by molar-refractivity contribution is 0.0529. The van der Waals surface area contributed by atoms with Crippen LogP contribution in [0.3, 0.4) is 0 Å². The first-order valence-electron chi connectivity index (χ1n) is 4.93. The first-order chi connectivity index (χ1) is 7.20. The molecule has 1 heterocycles. The highest BCUT2D eigenvalue weighted by atomic mass is 35.5. The van der Waals surface area contributed by atoms with E-state index in [1.165, 1.54) is 0 Å². The molecule has 1 aliphatic heterocycles. The Balaban J connectivity index is 2.19. The van der Waals surface area contributed by atoms with Crippen LogP contribution in [0.15, 0.2) is 18.2 Å². The highest BCUT2D eigenvalue weighted by molar-refractivity contribution is 6.32. The molecule has 0 spiro atoms. The maximum atomic E-state index is 6.04. The minimum absolute atomic E-state index is 0.0865. The van der Waals surface area contributed by atoms with Crippen LogP contribution in [0, 0.1) is 0 Å². The van der Waals surface area contributed by atoms with Crippen molar-refractivity contribution in [3.05, 3.63) is 28.8 Å². The van der Waals surface area contributed by atoms with Crippen molar-refractivity contribution in [1.82, 2.24) is 5.32 Å². The van der Waals surface area contributed by atoms with Crippen LogP contribution in [0.5, 0.6) is 5.75 Å². The first-order valence-corrected chi connectivity index (χ1v) is 5.31. The van der Waals surface area contributed by atoms with Crippen molar-refractivity contribution in [1.29, 1.82) is 0 Å². The van der Waals surface area contributed by atoms with Crippen LogP contribution in [0.1, 0.15) is 18.6 Å². The maximum absolute atomic E-state index is 6.04. The summed E-state index contributed by atoms with van der Waals surface area (Å²) in [7, 11) is 1.61. The number of rotatable bonds is 2. The molecule has 2 atom stereocenters. The lowest BCUT2D eigenvalue weighted by atomic mass is 10.1. The lowest BCUT2D eigenvalue weighted by Crippen LogP contribution is -2.17. The molecule has 4 heteroatoms. The van der Waals surface area contributed by atoms with Crippen molar-refractivity contribution < 1.29 is 9.47 Å². The summed E-state index contributed by atoms with van der Waals surface area (Å²) in [5.41, 5.74) is 1.08. The van der Waals surface area contributed by atoms with E-state index in [-0.39, 0.29) is 12.3 Å². The minimum Gasteiger partial charge on any atom is -0.495 e. The van der Waals surface area contributed by atoms with Crippen LogP contribution in [0.25, 0.3) is 0 Å². The zero-order chi connectivity index (χ0) is 10.8. The smallest absolute Gasteiger partial charge is 0.137 e. The van der Waals surface area contributed by atoms with E-state index in [2.05, 4.69) is 5.32 Å². The molecular weight excluding hydrogens is 214 g/mol. The maximum Gasteiger partial charge on any atom is 0.137 e. The van der Waals surface area contributed by atoms with Gasteiger partial charge in [-0.05, 0) is 24.6 Å². The Morgan fingerprint density at radius 1 is 1.53 bits per heavy atom. The third kappa shape index (κ3) is 2.25. The zero-order valence-electron chi connectivity index (χ0n) is 8.79. The molecule has 3 nitrogen and oxygen atoms in total. The summed E-state index contributed by atoms with van der Waals surface area (Å²) in [4.78, 5) is 0. The molecule has 0 bridgehead atoms. The number of nitrogens with one attached hydrogen (secondary N) is 1. The van der Waals surface area contributed by atoms with Gasteiger partial charge in [0.2, 0.25) is 0 Å². The predicted molar refractivity (Wildman–Crippen MR) is 59.3 cm³/mol. The molecule has 1 aliphatic rings. The molecule has 2 rings (SSSR count). The van der Waals surface area contributed by atoms with E-state index in [0.29, 0.717) is 10.8 Å². The molecule has 1 N–H and O–H groups in total. The molecular formula is C11H14ClNO2. The molecule has 82 valence electrons. The Hall–Kier alpha value is -0.770. The van der Waals surface area contributed by atoms with E-state index in [4.69, 9.17) is 21.1 Å². The monoisotopic (exact) mass is 227 g/mol. The van der Waals surface area contributed by atoms with Crippen LogP contribution in [-0.2, 0) is 4.74 Å². The van der Waals surface area contributed by atoms with E-state index in [9.17, 15) is 0 Å². The number of halogens is 1. The Morgan fingerprint density at radius 2 is 2.33 bits per heavy atom. The number of hydrogen-bond acceptors (Lipinski definition) is 3. The average molecular weight is 228 g/mol. The van der Waals surface area contributed by atoms with Gasteiger partial charge in [0, 0.05) is 6.54 Å². The van der Waals surface area contributed by atoms with Crippen molar-refractivity contribution in [2.24, 2.45) is 0 Å². The molecule has 15 heavy (non-hydrogen) atoms. The normalized spacial score (nSPS) is 25.5. The quantitative estimate of drug-likeness (QED) is 0.842. The standard InChI is InChI=1S/C11H14ClNO2/c1-7-13-6-11(15-7)8-3-4-10(14-2)9(12)5-8/h3-5,7,11,13H,6H2,1-2H3. The summed E-state index contributed by atoms with van der Waals surface area (Å²) in [5, 5.41) is 3.84. The Bertz CT molecular complexity index is 356. The zero-order valence-corrected chi connectivity index (χ0v) is 9.54. The third-order valence-corrected chi connectivity index (χ3v) is 2.80. The molecule has 0 radical (unpaired) electrons. The van der Waals surface area contributed by atoms with Crippen molar-refractivity contribution in [3.8, 4) is 5.75 Å². The van der Waals surface area contributed by atoms with Crippen molar-refractivity contribution in [2.45, 2.75) is 19.3 Å². The number of ether oxygens (including phenoxy) is 2. The fourth-order valence-electron chi connectivity index (χ4n) is 1.69. The molecule has 0 aliphatic carbocycles. The summed E-state index contributed by atoms with van der Waals surface area (Å²) < 4.78 is 10.8. The van der Waals surface area contributed by atoms with Gasteiger partial charge in [-0.3, -0.25) is 5.32 Å². The molecule has 1 aromatic carbocycles. The van der Waals surface area contributed by atoms with E-state index in [1.807, 2.05) is 25.1 Å². The van der Waals surface area contributed by atoms with Gasteiger partial charge < -0.3 is 9.47 Å². The van der Waals surface area contributed by atoms with E-state index in [0.717, 1.165) is 12.1 Å². The molecule has 1 saturated heterocycles. The Labute approximate surface area is 94.3 Å². The molecule has 2 unspecified atom stereocenters. The van der Waals surface area contributed by atoms with Gasteiger partial charge in [0.1, 0.15) is 12.0 Å². The van der Waals surface area contributed by atoms with Gasteiger partial charge in [-0.1, -0.05) is 17.7 Å². The Kier molecular flexibility index (Phi) is 3.14. The topological polar surface area (TPSA) is 30.5 Å². The summed E-state index contributed by atoms with van der Waals surface area (Å²) in [6.07, 6.45) is 0.194. The molecule has 1 fully saturated rings. The fraction of sp³-hybridized carbons (Fsp3) is 0.455. The van der Waals surface area contributed by atoms with Crippen molar-refractivity contribution in [3.63, 3.8) is 0 Å². The van der Waals surface area contributed by atoms with Crippen molar-refractivity contribution >= 4 is 11.6 Å². The second-order valence-corrected chi connectivity index (χ2v) is 3.98. The second-order valence-electron chi connectivity index (χ2n) is 3.57. The van der Waals surface area contributed by atoms with Crippen LogP contribution >= 0.6 is 11.6 Å². The van der Waals surface area contributed by atoms with Gasteiger partial charge in [-0.25, -0.2) is 0 Å². The van der Waals surface area contributed by atoms with E-state index < -0.39 is 0 Å². The SMILES string of the molecule is COc1ccc(C2CNC(C)O2)cc1Cl. The largest absolute Gasteiger partial charge is 0.495 e. The highest BCUT2D eigenvalue weighted by Crippen LogP contribution is 2.30. The first kappa shape index (κ1) is 10.7. The summed E-state index contributed by atoms with van der Waals surface area (Å²) >= 11 is 6.04. The van der Waals surface area contributed by atoms with E-state index >= 15 is 0 Å². The summed E-state index contributed by atoms with van der Waals surface area (Å²) in [6.45, 7) is 2.81. The van der Waals surface area contributed by atoms with Crippen molar-refractivity contribution in [2.75, 3.05) is 13.7 Å². The van der Waals surface area contributed by atoms with Crippen LogP contribution in [0.4, 0.5) is 0 Å². The van der Waals surface area contributed by atoms with Gasteiger partial charge in [-0.2, -0.15) is 0 Å². The number of benzene rings is 1. The number of methoxy groups -OCH3 is 1. The molecule has 1 aromatic rings. The van der Waals surface area contributed by atoms with Gasteiger partial charge in [0.15, 0.2) is 0 Å². The molecule has 0 amide bonds. The minimum atomic E-state index is 0.0865. The predicted octanol–water partition coefficient (Wildman–Crippen LogP) is 2.36.